The van der Waals surface area contributed by atoms with Gasteiger partial charge in [0.05, 0.1) is 24.9 Å². The van der Waals surface area contributed by atoms with Crippen molar-refractivity contribution in [1.82, 2.24) is 9.97 Å². The number of anilines is 1. The summed E-state index contributed by atoms with van der Waals surface area (Å²) in [7, 11) is 3.13. The third-order valence-electron chi connectivity index (χ3n) is 2.27. The maximum Gasteiger partial charge on any atom is 0.238 e. The van der Waals surface area contributed by atoms with Crippen LogP contribution in [0.5, 0.6) is 23.1 Å². The Hall–Kier alpha value is -2.02. The van der Waals surface area contributed by atoms with Crippen molar-refractivity contribution in [3.63, 3.8) is 0 Å². The van der Waals surface area contributed by atoms with E-state index in [-0.39, 0.29) is 5.95 Å². The van der Waals surface area contributed by atoms with Crippen LogP contribution in [0.3, 0.4) is 0 Å². The lowest BCUT2D eigenvalue weighted by atomic mass is 10.3. The first kappa shape index (κ1) is 13.4. The summed E-state index contributed by atoms with van der Waals surface area (Å²) in [5, 5.41) is 0. The number of nitrogens with zero attached hydrogens (tertiary/aromatic N) is 2. The first-order chi connectivity index (χ1) is 9.12. The molecule has 0 unspecified atom stereocenters. The van der Waals surface area contributed by atoms with Crippen molar-refractivity contribution in [3.05, 3.63) is 28.9 Å². The standard InChI is InChI=1S/C12H12BrN3O3/c1-17-7-3-8(18-2)5-9(4-7)19-11-10(13)6-15-12(14)16-11/h3-6H,1-2H3,(H2,14,15,16). The summed E-state index contributed by atoms with van der Waals surface area (Å²) in [6, 6.07) is 5.18. The molecule has 100 valence electrons. The van der Waals surface area contributed by atoms with E-state index in [0.29, 0.717) is 27.6 Å². The van der Waals surface area contributed by atoms with Crippen LogP contribution >= 0.6 is 15.9 Å². The summed E-state index contributed by atoms with van der Waals surface area (Å²) in [4.78, 5) is 7.83. The summed E-state index contributed by atoms with van der Waals surface area (Å²) in [5.74, 6) is 2.21. The lowest BCUT2D eigenvalue weighted by molar-refractivity contribution is 0.384. The Morgan fingerprint density at radius 1 is 1.05 bits per heavy atom. The predicted molar refractivity (Wildman–Crippen MR) is 73.8 cm³/mol. The minimum Gasteiger partial charge on any atom is -0.496 e. The molecular weight excluding hydrogens is 314 g/mol. The van der Waals surface area contributed by atoms with Crippen LogP contribution in [-0.4, -0.2) is 24.2 Å². The highest BCUT2D eigenvalue weighted by Gasteiger charge is 2.09. The number of hydrogen-bond acceptors (Lipinski definition) is 6. The van der Waals surface area contributed by atoms with Crippen LogP contribution in [0.2, 0.25) is 0 Å². The summed E-state index contributed by atoms with van der Waals surface area (Å²) >= 11 is 3.29. The van der Waals surface area contributed by atoms with Crippen LogP contribution in [0.1, 0.15) is 0 Å². The SMILES string of the molecule is COc1cc(OC)cc(Oc2nc(N)ncc2Br)c1. The van der Waals surface area contributed by atoms with Gasteiger partial charge in [-0.15, -0.1) is 0 Å². The lowest BCUT2D eigenvalue weighted by Gasteiger charge is -2.10. The fraction of sp³-hybridized carbons (Fsp3) is 0.167. The van der Waals surface area contributed by atoms with Gasteiger partial charge in [-0.05, 0) is 15.9 Å². The topological polar surface area (TPSA) is 79.5 Å². The van der Waals surface area contributed by atoms with Gasteiger partial charge in [0.2, 0.25) is 11.8 Å². The van der Waals surface area contributed by atoms with Gasteiger partial charge in [0, 0.05) is 18.2 Å². The second-order valence-electron chi connectivity index (χ2n) is 3.53. The molecule has 0 fully saturated rings. The fourth-order valence-electron chi connectivity index (χ4n) is 1.39. The zero-order valence-electron chi connectivity index (χ0n) is 10.4. The monoisotopic (exact) mass is 325 g/mol. The molecule has 6 nitrogen and oxygen atoms in total. The molecule has 0 spiro atoms. The van der Waals surface area contributed by atoms with Crippen molar-refractivity contribution in [3.8, 4) is 23.1 Å². The van der Waals surface area contributed by atoms with E-state index >= 15 is 0 Å². The highest BCUT2D eigenvalue weighted by atomic mass is 79.9. The second-order valence-corrected chi connectivity index (χ2v) is 4.39. The van der Waals surface area contributed by atoms with Gasteiger partial charge >= 0.3 is 0 Å². The van der Waals surface area contributed by atoms with Crippen LogP contribution in [-0.2, 0) is 0 Å². The number of hydrogen-bond donors (Lipinski definition) is 1. The van der Waals surface area contributed by atoms with E-state index in [2.05, 4.69) is 25.9 Å². The third-order valence-corrected chi connectivity index (χ3v) is 2.81. The molecule has 1 heterocycles. The van der Waals surface area contributed by atoms with Gasteiger partial charge in [0.25, 0.3) is 0 Å². The number of halogens is 1. The van der Waals surface area contributed by atoms with Crippen LogP contribution in [0, 0.1) is 0 Å². The molecule has 0 saturated heterocycles. The summed E-state index contributed by atoms with van der Waals surface area (Å²) in [6.07, 6.45) is 1.52. The smallest absolute Gasteiger partial charge is 0.238 e. The van der Waals surface area contributed by atoms with Gasteiger partial charge in [-0.1, -0.05) is 0 Å². The van der Waals surface area contributed by atoms with Gasteiger partial charge in [0.15, 0.2) is 0 Å². The minimum absolute atomic E-state index is 0.132. The average Bonchev–Trinajstić information content (AvgIpc) is 2.42. The molecular formula is C12H12BrN3O3. The van der Waals surface area contributed by atoms with Crippen molar-refractivity contribution in [2.45, 2.75) is 0 Å². The fourth-order valence-corrected chi connectivity index (χ4v) is 1.66. The van der Waals surface area contributed by atoms with Crippen molar-refractivity contribution in [2.24, 2.45) is 0 Å². The molecule has 1 aromatic heterocycles. The Morgan fingerprint density at radius 2 is 1.63 bits per heavy atom. The molecule has 0 radical (unpaired) electrons. The highest BCUT2D eigenvalue weighted by molar-refractivity contribution is 9.10. The molecule has 2 N–H and O–H groups in total. The van der Waals surface area contributed by atoms with Crippen molar-refractivity contribution < 1.29 is 14.2 Å². The van der Waals surface area contributed by atoms with Crippen LogP contribution in [0.4, 0.5) is 5.95 Å². The van der Waals surface area contributed by atoms with Gasteiger partial charge in [-0.3, -0.25) is 0 Å². The number of aromatic nitrogens is 2. The average molecular weight is 326 g/mol. The largest absolute Gasteiger partial charge is 0.496 e. The van der Waals surface area contributed by atoms with Gasteiger partial charge in [-0.2, -0.15) is 4.98 Å². The number of nitrogen functional groups attached to an aromatic ring is 1. The number of benzene rings is 1. The predicted octanol–water partition coefficient (Wildman–Crippen LogP) is 2.63. The molecule has 0 bridgehead atoms. The van der Waals surface area contributed by atoms with E-state index in [1.54, 1.807) is 32.4 Å². The molecule has 1 aromatic carbocycles. The maximum absolute atomic E-state index is 5.64. The van der Waals surface area contributed by atoms with E-state index in [0.717, 1.165) is 0 Å². The maximum atomic E-state index is 5.64. The zero-order chi connectivity index (χ0) is 13.8. The highest BCUT2D eigenvalue weighted by Crippen LogP contribution is 2.32. The van der Waals surface area contributed by atoms with Crippen molar-refractivity contribution in [1.29, 1.82) is 0 Å². The summed E-state index contributed by atoms with van der Waals surface area (Å²) in [6.45, 7) is 0. The second kappa shape index (κ2) is 5.75. The normalized spacial score (nSPS) is 10.1. The van der Waals surface area contributed by atoms with Gasteiger partial charge in [0.1, 0.15) is 17.2 Å². The summed E-state index contributed by atoms with van der Waals surface area (Å²) in [5.41, 5.74) is 5.52. The molecule has 0 atom stereocenters. The number of rotatable bonds is 4. The minimum atomic E-state index is 0.132. The number of nitrogens with two attached hydrogens (primary N) is 1. The Bertz CT molecular complexity index is 570. The lowest BCUT2D eigenvalue weighted by Crippen LogP contribution is -1.98. The Labute approximate surface area is 118 Å². The van der Waals surface area contributed by atoms with Crippen molar-refractivity contribution in [2.75, 3.05) is 20.0 Å². The third kappa shape index (κ3) is 3.25. The Morgan fingerprint density at radius 3 is 2.21 bits per heavy atom. The molecule has 0 aliphatic carbocycles. The number of ether oxygens (including phenoxy) is 3. The van der Waals surface area contributed by atoms with E-state index in [1.807, 2.05) is 0 Å². The van der Waals surface area contributed by atoms with Gasteiger partial charge < -0.3 is 19.9 Å². The van der Waals surface area contributed by atoms with Crippen LogP contribution in [0.25, 0.3) is 0 Å². The molecule has 19 heavy (non-hydrogen) atoms. The van der Waals surface area contributed by atoms with E-state index in [1.165, 1.54) is 6.20 Å². The Balaban J connectivity index is 2.34. The molecule has 2 aromatic rings. The first-order valence-corrected chi connectivity index (χ1v) is 6.10. The molecule has 0 aliphatic rings. The molecule has 0 amide bonds. The van der Waals surface area contributed by atoms with E-state index in [4.69, 9.17) is 19.9 Å². The Kier molecular flexibility index (Phi) is 4.06. The quantitative estimate of drug-likeness (QED) is 0.930. The first-order valence-electron chi connectivity index (χ1n) is 5.31. The van der Waals surface area contributed by atoms with Crippen LogP contribution < -0.4 is 19.9 Å². The summed E-state index contributed by atoms with van der Waals surface area (Å²) < 4.78 is 16.6. The molecule has 7 heteroatoms. The van der Waals surface area contributed by atoms with Crippen LogP contribution in [0.15, 0.2) is 28.9 Å². The molecule has 0 saturated carbocycles. The van der Waals surface area contributed by atoms with E-state index in [9.17, 15) is 0 Å². The van der Waals surface area contributed by atoms with Gasteiger partial charge in [-0.25, -0.2) is 4.98 Å². The molecule has 2 rings (SSSR count). The zero-order valence-corrected chi connectivity index (χ0v) is 12.0. The van der Waals surface area contributed by atoms with Crippen molar-refractivity contribution >= 4 is 21.9 Å². The number of methoxy groups -OCH3 is 2. The van der Waals surface area contributed by atoms with E-state index < -0.39 is 0 Å². The molecule has 0 aliphatic heterocycles.